The molecule has 1 aromatic heterocycles. The van der Waals surface area contributed by atoms with E-state index in [1.165, 1.54) is 18.2 Å². The number of nitrogens with two attached hydrogens (primary N) is 1. The molecule has 0 fully saturated rings. The number of anilines is 1. The molecular weight excluding hydrogens is 272 g/mol. The first-order valence-corrected chi connectivity index (χ1v) is 6.28. The van der Waals surface area contributed by atoms with Crippen LogP contribution in [-0.4, -0.2) is 28.6 Å². The van der Waals surface area contributed by atoms with Crippen LogP contribution in [0.4, 0.5) is 5.69 Å². The number of hydrogen-bond donors (Lipinski definition) is 2. The third-order valence-corrected chi connectivity index (χ3v) is 2.59. The molecule has 2 rings (SSSR count). The molecule has 1 aromatic carbocycles. The number of aromatic nitrogens is 2. The molecule has 0 radical (unpaired) electrons. The molecule has 0 atom stereocenters. The van der Waals surface area contributed by atoms with Crippen molar-refractivity contribution < 1.29 is 14.3 Å². The van der Waals surface area contributed by atoms with Gasteiger partial charge in [0, 0.05) is 17.3 Å². The third-order valence-electron chi connectivity index (χ3n) is 2.59. The zero-order valence-electron chi connectivity index (χ0n) is 11.4. The highest BCUT2D eigenvalue weighted by Crippen LogP contribution is 2.11. The number of nitrogens with zero attached hydrogens (tertiary/aromatic N) is 2. The predicted octanol–water partition coefficient (Wildman–Crippen LogP) is 1.23. The lowest BCUT2D eigenvalue weighted by Gasteiger charge is -2.05. The molecule has 0 bridgehead atoms. The Morgan fingerprint density at radius 3 is 2.38 bits per heavy atom. The number of ether oxygens (including phenoxy) is 1. The van der Waals surface area contributed by atoms with Crippen LogP contribution in [0, 0.1) is 0 Å². The number of hydrogen-bond acceptors (Lipinski definition) is 5. The summed E-state index contributed by atoms with van der Waals surface area (Å²) in [6.45, 7) is 2.31. The van der Waals surface area contributed by atoms with Gasteiger partial charge >= 0.3 is 0 Å². The SMILES string of the molecule is CCOc1ccc(C(=O)Nc2ccc(C(N)=O)cc2)nn1. The first kappa shape index (κ1) is 14.4. The van der Waals surface area contributed by atoms with Gasteiger partial charge in [-0.05, 0) is 37.3 Å². The third kappa shape index (κ3) is 3.75. The lowest BCUT2D eigenvalue weighted by atomic mass is 10.2. The van der Waals surface area contributed by atoms with Crippen molar-refractivity contribution in [2.45, 2.75) is 6.92 Å². The summed E-state index contributed by atoms with van der Waals surface area (Å²) in [5, 5.41) is 10.2. The lowest BCUT2D eigenvalue weighted by Crippen LogP contribution is -2.15. The van der Waals surface area contributed by atoms with E-state index in [9.17, 15) is 9.59 Å². The summed E-state index contributed by atoms with van der Waals surface area (Å²) in [7, 11) is 0. The van der Waals surface area contributed by atoms with E-state index in [1.54, 1.807) is 18.2 Å². The van der Waals surface area contributed by atoms with Gasteiger partial charge in [0.15, 0.2) is 5.69 Å². The lowest BCUT2D eigenvalue weighted by molar-refractivity contribution is 0.0997. The van der Waals surface area contributed by atoms with E-state index in [-0.39, 0.29) is 5.69 Å². The van der Waals surface area contributed by atoms with E-state index in [4.69, 9.17) is 10.5 Å². The second-order valence-electron chi connectivity index (χ2n) is 4.09. The van der Waals surface area contributed by atoms with Gasteiger partial charge in [-0.15, -0.1) is 10.2 Å². The average Bonchev–Trinajstić information content (AvgIpc) is 2.49. The number of benzene rings is 1. The number of rotatable bonds is 5. The normalized spacial score (nSPS) is 9.95. The number of carbonyl (C=O) groups excluding carboxylic acids is 2. The fourth-order valence-electron chi connectivity index (χ4n) is 1.58. The molecule has 7 heteroatoms. The Morgan fingerprint density at radius 2 is 1.86 bits per heavy atom. The summed E-state index contributed by atoms with van der Waals surface area (Å²) in [5.41, 5.74) is 6.20. The van der Waals surface area contributed by atoms with Crippen molar-refractivity contribution in [3.63, 3.8) is 0 Å². The largest absolute Gasteiger partial charge is 0.477 e. The summed E-state index contributed by atoms with van der Waals surface area (Å²) >= 11 is 0. The van der Waals surface area contributed by atoms with E-state index < -0.39 is 11.8 Å². The van der Waals surface area contributed by atoms with Gasteiger partial charge in [0.2, 0.25) is 11.8 Å². The number of carbonyl (C=O) groups is 2. The van der Waals surface area contributed by atoms with Gasteiger partial charge in [-0.2, -0.15) is 0 Å². The molecule has 7 nitrogen and oxygen atoms in total. The second kappa shape index (κ2) is 6.47. The topological polar surface area (TPSA) is 107 Å². The van der Waals surface area contributed by atoms with E-state index in [1.807, 2.05) is 6.92 Å². The summed E-state index contributed by atoms with van der Waals surface area (Å²) in [6, 6.07) is 9.32. The highest BCUT2D eigenvalue weighted by Gasteiger charge is 2.09. The predicted molar refractivity (Wildman–Crippen MR) is 76.1 cm³/mol. The smallest absolute Gasteiger partial charge is 0.276 e. The van der Waals surface area contributed by atoms with Gasteiger partial charge in [-0.1, -0.05) is 0 Å². The molecule has 0 spiro atoms. The average molecular weight is 286 g/mol. The molecule has 0 saturated carbocycles. The zero-order valence-corrected chi connectivity index (χ0v) is 11.4. The maximum absolute atomic E-state index is 12.0. The van der Waals surface area contributed by atoms with Gasteiger partial charge in [-0.3, -0.25) is 9.59 Å². The van der Waals surface area contributed by atoms with E-state index in [2.05, 4.69) is 15.5 Å². The summed E-state index contributed by atoms with van der Waals surface area (Å²) in [4.78, 5) is 22.9. The van der Waals surface area contributed by atoms with Gasteiger partial charge < -0.3 is 15.8 Å². The van der Waals surface area contributed by atoms with E-state index >= 15 is 0 Å². The van der Waals surface area contributed by atoms with Gasteiger partial charge in [0.25, 0.3) is 5.91 Å². The van der Waals surface area contributed by atoms with Crippen molar-refractivity contribution in [3.05, 3.63) is 47.7 Å². The Morgan fingerprint density at radius 1 is 1.14 bits per heavy atom. The van der Waals surface area contributed by atoms with Crippen LogP contribution < -0.4 is 15.8 Å². The fraction of sp³-hybridized carbons (Fsp3) is 0.143. The molecule has 2 amide bonds. The Kier molecular flexibility index (Phi) is 4.45. The monoisotopic (exact) mass is 286 g/mol. The van der Waals surface area contributed by atoms with Crippen LogP contribution >= 0.6 is 0 Å². The number of primary amides is 1. The van der Waals surface area contributed by atoms with Crippen molar-refractivity contribution in [3.8, 4) is 5.88 Å². The minimum Gasteiger partial charge on any atom is -0.477 e. The molecule has 0 aliphatic carbocycles. The van der Waals surface area contributed by atoms with Crippen LogP contribution in [0.2, 0.25) is 0 Å². The van der Waals surface area contributed by atoms with Crippen molar-refractivity contribution >= 4 is 17.5 Å². The van der Waals surface area contributed by atoms with Gasteiger partial charge in [0.05, 0.1) is 6.61 Å². The van der Waals surface area contributed by atoms with Crippen LogP contribution in [-0.2, 0) is 0 Å². The molecule has 3 N–H and O–H groups in total. The highest BCUT2D eigenvalue weighted by molar-refractivity contribution is 6.03. The Hall–Kier alpha value is -2.96. The Balaban J connectivity index is 2.05. The summed E-state index contributed by atoms with van der Waals surface area (Å²) in [5.74, 6) is -0.567. The van der Waals surface area contributed by atoms with Crippen molar-refractivity contribution in [2.24, 2.45) is 5.73 Å². The maximum Gasteiger partial charge on any atom is 0.276 e. The van der Waals surface area contributed by atoms with Crippen LogP contribution in [0.1, 0.15) is 27.8 Å². The molecule has 2 aromatic rings. The number of amides is 2. The standard InChI is InChI=1S/C14H14N4O3/c1-2-21-12-8-7-11(17-18-12)14(20)16-10-5-3-9(4-6-10)13(15)19/h3-8H,2H2,1H3,(H2,15,19)(H,16,20). The Bertz CT molecular complexity index is 638. The van der Waals surface area contributed by atoms with Crippen LogP contribution in [0.25, 0.3) is 0 Å². The maximum atomic E-state index is 12.0. The highest BCUT2D eigenvalue weighted by atomic mass is 16.5. The molecule has 0 aliphatic rings. The molecule has 108 valence electrons. The van der Waals surface area contributed by atoms with Crippen LogP contribution in [0.3, 0.4) is 0 Å². The molecule has 21 heavy (non-hydrogen) atoms. The Labute approximate surface area is 121 Å². The summed E-state index contributed by atoms with van der Waals surface area (Å²) in [6.07, 6.45) is 0. The minimum atomic E-state index is -0.523. The fourth-order valence-corrected chi connectivity index (χ4v) is 1.58. The molecule has 0 aliphatic heterocycles. The summed E-state index contributed by atoms with van der Waals surface area (Å²) < 4.78 is 5.15. The molecule has 0 saturated heterocycles. The second-order valence-corrected chi connectivity index (χ2v) is 4.09. The molecular formula is C14H14N4O3. The van der Waals surface area contributed by atoms with Gasteiger partial charge in [0.1, 0.15) is 0 Å². The zero-order chi connectivity index (χ0) is 15.2. The first-order chi connectivity index (χ1) is 10.1. The van der Waals surface area contributed by atoms with Crippen molar-refractivity contribution in [1.29, 1.82) is 0 Å². The van der Waals surface area contributed by atoms with E-state index in [0.717, 1.165) is 0 Å². The molecule has 1 heterocycles. The molecule has 0 unspecified atom stereocenters. The quantitative estimate of drug-likeness (QED) is 0.859. The first-order valence-electron chi connectivity index (χ1n) is 6.28. The van der Waals surface area contributed by atoms with E-state index in [0.29, 0.717) is 23.7 Å². The number of nitrogens with one attached hydrogen (secondary N) is 1. The van der Waals surface area contributed by atoms with Crippen molar-refractivity contribution in [2.75, 3.05) is 11.9 Å². The van der Waals surface area contributed by atoms with Gasteiger partial charge in [-0.25, -0.2) is 0 Å². The van der Waals surface area contributed by atoms with Crippen LogP contribution in [0.15, 0.2) is 36.4 Å². The van der Waals surface area contributed by atoms with Crippen molar-refractivity contribution in [1.82, 2.24) is 10.2 Å². The minimum absolute atomic E-state index is 0.164. The van der Waals surface area contributed by atoms with Crippen LogP contribution in [0.5, 0.6) is 5.88 Å².